The minimum Gasteiger partial charge on any atom is -0.490 e. The van der Waals surface area contributed by atoms with E-state index >= 15 is 0 Å². The van der Waals surface area contributed by atoms with Gasteiger partial charge in [0.1, 0.15) is 0 Å². The van der Waals surface area contributed by atoms with Crippen LogP contribution in [0.4, 0.5) is 5.69 Å². The topological polar surface area (TPSA) is 84.7 Å². The number of halogens is 1. The average Bonchev–Trinajstić information content (AvgIpc) is 2.98. The van der Waals surface area contributed by atoms with E-state index in [1.807, 2.05) is 11.9 Å². The summed E-state index contributed by atoms with van der Waals surface area (Å²) >= 11 is 1.49. The lowest BCUT2D eigenvalue weighted by Gasteiger charge is -2.35. The fraction of sp³-hybridized carbons (Fsp3) is 0.611. The molecule has 1 aromatic carbocycles. The number of carbonyl (C=O) groups is 1. The van der Waals surface area contributed by atoms with Crippen molar-refractivity contribution in [3.8, 4) is 5.75 Å². The van der Waals surface area contributed by atoms with E-state index in [0.717, 1.165) is 18.4 Å². The Kier molecular flexibility index (Phi) is 7.76. The van der Waals surface area contributed by atoms with Crippen molar-refractivity contribution in [3.63, 3.8) is 0 Å². The van der Waals surface area contributed by atoms with Gasteiger partial charge in [0.25, 0.3) is 0 Å². The zero-order valence-corrected chi connectivity index (χ0v) is 17.2. The van der Waals surface area contributed by atoms with Gasteiger partial charge in [-0.3, -0.25) is 14.9 Å². The van der Waals surface area contributed by atoms with Crippen LogP contribution in [0.5, 0.6) is 5.75 Å². The second-order valence-corrected chi connectivity index (χ2v) is 8.01. The number of nitrogens with one attached hydrogen (secondary N) is 1. The lowest BCUT2D eigenvalue weighted by atomic mass is 9.98. The molecule has 0 aromatic heterocycles. The first-order chi connectivity index (χ1) is 12.5. The zero-order valence-electron chi connectivity index (χ0n) is 15.6. The molecule has 2 bridgehead atoms. The summed E-state index contributed by atoms with van der Waals surface area (Å²) in [6, 6.07) is 6.36. The molecule has 2 aliphatic heterocycles. The summed E-state index contributed by atoms with van der Waals surface area (Å²) in [5, 5.41) is 14.7. The van der Waals surface area contributed by atoms with Crippen molar-refractivity contribution in [2.75, 3.05) is 19.9 Å². The lowest BCUT2D eigenvalue weighted by Crippen LogP contribution is -2.49. The van der Waals surface area contributed by atoms with Gasteiger partial charge >= 0.3 is 5.69 Å². The highest BCUT2D eigenvalue weighted by molar-refractivity contribution is 7.99. The van der Waals surface area contributed by atoms with Gasteiger partial charge in [0.2, 0.25) is 5.91 Å². The smallest absolute Gasteiger partial charge is 0.311 e. The third-order valence-corrected chi connectivity index (χ3v) is 6.31. The largest absolute Gasteiger partial charge is 0.490 e. The minimum atomic E-state index is -0.447. The van der Waals surface area contributed by atoms with E-state index in [9.17, 15) is 14.9 Å². The van der Waals surface area contributed by atoms with Crippen molar-refractivity contribution in [2.24, 2.45) is 0 Å². The number of benzene rings is 1. The number of nitro groups is 1. The highest BCUT2D eigenvalue weighted by Crippen LogP contribution is 2.31. The number of fused-ring (bicyclic) bond motifs is 2. The first-order valence-corrected chi connectivity index (χ1v) is 10.0. The number of nitrogens with zero attached hydrogens (tertiary/aromatic N) is 2. The fourth-order valence-corrected chi connectivity index (χ4v) is 4.77. The number of hydrogen-bond acceptors (Lipinski definition) is 6. The molecule has 2 unspecified atom stereocenters. The molecule has 2 heterocycles. The lowest BCUT2D eigenvalue weighted by molar-refractivity contribution is -0.385. The summed E-state index contributed by atoms with van der Waals surface area (Å²) in [5.41, 5.74) is 0.775. The first kappa shape index (κ1) is 21.8. The molecule has 150 valence electrons. The quantitative estimate of drug-likeness (QED) is 0.544. The molecule has 2 saturated heterocycles. The van der Waals surface area contributed by atoms with Crippen molar-refractivity contribution >= 4 is 35.8 Å². The summed E-state index contributed by atoms with van der Waals surface area (Å²) in [6.45, 7) is 0. The van der Waals surface area contributed by atoms with Crippen LogP contribution >= 0.6 is 24.2 Å². The Morgan fingerprint density at radius 1 is 1.37 bits per heavy atom. The molecule has 9 heteroatoms. The van der Waals surface area contributed by atoms with Crippen molar-refractivity contribution in [3.05, 3.63) is 33.9 Å². The van der Waals surface area contributed by atoms with E-state index in [0.29, 0.717) is 29.6 Å². The highest BCUT2D eigenvalue weighted by Gasteiger charge is 2.36. The normalized spacial score (nSPS) is 23.4. The summed E-state index contributed by atoms with van der Waals surface area (Å²) in [4.78, 5) is 25.0. The van der Waals surface area contributed by atoms with Crippen LogP contribution in [0.25, 0.3) is 0 Å². The third kappa shape index (κ3) is 5.27. The van der Waals surface area contributed by atoms with Gasteiger partial charge in [0, 0.05) is 37.0 Å². The Morgan fingerprint density at radius 3 is 2.63 bits per heavy atom. The van der Waals surface area contributed by atoms with Gasteiger partial charge in [0.15, 0.2) is 5.75 Å². The number of ether oxygens (including phenoxy) is 1. The van der Waals surface area contributed by atoms with Gasteiger partial charge < -0.3 is 15.0 Å². The predicted octanol–water partition coefficient (Wildman–Crippen LogP) is 3.00. The van der Waals surface area contributed by atoms with E-state index < -0.39 is 4.92 Å². The van der Waals surface area contributed by atoms with E-state index in [2.05, 4.69) is 5.32 Å². The number of methoxy groups -OCH3 is 1. The zero-order chi connectivity index (χ0) is 18.7. The molecular formula is C18H26ClN3O4S. The van der Waals surface area contributed by atoms with Crippen LogP contribution in [-0.4, -0.2) is 53.8 Å². The van der Waals surface area contributed by atoms with Gasteiger partial charge in [-0.1, -0.05) is 6.07 Å². The Balaban J connectivity index is 0.00000261. The summed E-state index contributed by atoms with van der Waals surface area (Å²) in [6.07, 6.45) is 4.50. The van der Waals surface area contributed by atoms with Gasteiger partial charge in [-0.25, -0.2) is 0 Å². The maximum atomic E-state index is 12.5. The van der Waals surface area contributed by atoms with Crippen LogP contribution in [-0.2, 0) is 10.5 Å². The number of carbonyl (C=O) groups excluding carboxylic acids is 1. The standard InChI is InChI=1S/C18H25N3O4S.ClH/c1-20(15-8-13-4-5-14(9-15)19-13)18(22)11-26-10-12-3-6-17(25-2)16(7-12)21(23)24;/h3,6-7,13-15,19H,4-5,8-11H2,1-2H3;1H. The van der Waals surface area contributed by atoms with E-state index in [4.69, 9.17) is 4.74 Å². The molecular weight excluding hydrogens is 390 g/mol. The molecule has 2 atom stereocenters. The van der Waals surface area contributed by atoms with Crippen LogP contribution < -0.4 is 10.1 Å². The maximum absolute atomic E-state index is 12.5. The van der Waals surface area contributed by atoms with Gasteiger partial charge in [-0.15, -0.1) is 24.2 Å². The Labute approximate surface area is 169 Å². The fourth-order valence-electron chi connectivity index (χ4n) is 3.87. The highest BCUT2D eigenvalue weighted by atomic mass is 35.5. The Bertz CT molecular complexity index is 679. The molecule has 0 radical (unpaired) electrons. The third-order valence-electron chi connectivity index (χ3n) is 5.32. The predicted molar refractivity (Wildman–Crippen MR) is 109 cm³/mol. The number of piperidine rings is 1. The number of nitro benzene ring substituents is 1. The molecule has 7 nitrogen and oxygen atoms in total. The van der Waals surface area contributed by atoms with E-state index in [1.54, 1.807) is 12.1 Å². The summed E-state index contributed by atoms with van der Waals surface area (Å²) < 4.78 is 5.01. The molecule has 2 fully saturated rings. The molecule has 3 rings (SSSR count). The minimum absolute atomic E-state index is 0. The molecule has 27 heavy (non-hydrogen) atoms. The van der Waals surface area contributed by atoms with Crippen LogP contribution in [0.15, 0.2) is 18.2 Å². The first-order valence-electron chi connectivity index (χ1n) is 8.88. The SMILES string of the molecule is COc1ccc(CSCC(=O)N(C)C2CC3CCC(C2)N3)cc1[N+](=O)[O-].Cl. The molecule has 0 spiro atoms. The Morgan fingerprint density at radius 2 is 2.04 bits per heavy atom. The van der Waals surface area contributed by atoms with Crippen molar-refractivity contribution in [1.29, 1.82) is 0 Å². The molecule has 2 aliphatic rings. The van der Waals surface area contributed by atoms with E-state index in [1.165, 1.54) is 37.8 Å². The molecule has 0 aliphatic carbocycles. The molecule has 1 aromatic rings. The Hall–Kier alpha value is -1.51. The number of amides is 1. The van der Waals surface area contributed by atoms with Crippen LogP contribution in [0.2, 0.25) is 0 Å². The van der Waals surface area contributed by atoms with Crippen molar-refractivity contribution in [2.45, 2.75) is 49.6 Å². The maximum Gasteiger partial charge on any atom is 0.311 e. The second-order valence-electron chi connectivity index (χ2n) is 7.02. The second kappa shape index (κ2) is 9.61. The van der Waals surface area contributed by atoms with Crippen LogP contribution in [0.1, 0.15) is 31.2 Å². The summed E-state index contributed by atoms with van der Waals surface area (Å²) in [5.74, 6) is 1.32. The molecule has 1 N–H and O–H groups in total. The van der Waals surface area contributed by atoms with Gasteiger partial charge in [-0.2, -0.15) is 0 Å². The van der Waals surface area contributed by atoms with Gasteiger partial charge in [-0.05, 0) is 37.3 Å². The van der Waals surface area contributed by atoms with Crippen LogP contribution in [0, 0.1) is 10.1 Å². The number of thioether (sulfide) groups is 1. The molecule has 0 saturated carbocycles. The monoisotopic (exact) mass is 415 g/mol. The number of hydrogen-bond donors (Lipinski definition) is 1. The van der Waals surface area contributed by atoms with Gasteiger partial charge in [0.05, 0.1) is 17.8 Å². The van der Waals surface area contributed by atoms with Crippen molar-refractivity contribution < 1.29 is 14.5 Å². The van der Waals surface area contributed by atoms with Crippen LogP contribution in [0.3, 0.4) is 0 Å². The van der Waals surface area contributed by atoms with Crippen molar-refractivity contribution in [1.82, 2.24) is 10.2 Å². The summed E-state index contributed by atoms with van der Waals surface area (Å²) in [7, 11) is 3.31. The number of rotatable bonds is 7. The van der Waals surface area contributed by atoms with E-state index in [-0.39, 0.29) is 29.8 Å². The average molecular weight is 416 g/mol. The molecule has 1 amide bonds.